The summed E-state index contributed by atoms with van der Waals surface area (Å²) in [6.45, 7) is 0.841. The Kier molecular flexibility index (Phi) is 4.57. The first-order valence-electron chi connectivity index (χ1n) is 6.46. The number of nitrogens with one attached hydrogen (secondary N) is 1. The minimum atomic E-state index is 0.348. The van der Waals surface area contributed by atoms with Crippen LogP contribution in [0, 0.1) is 0 Å². The number of thiophene rings is 2. The van der Waals surface area contributed by atoms with Gasteiger partial charge >= 0.3 is 0 Å². The van der Waals surface area contributed by atoms with Gasteiger partial charge in [-0.2, -0.15) is 4.98 Å². The number of aromatic nitrogens is 2. The highest BCUT2D eigenvalue weighted by Gasteiger charge is 2.13. The lowest BCUT2D eigenvalue weighted by Gasteiger charge is -2.16. The van der Waals surface area contributed by atoms with Crippen molar-refractivity contribution in [3.05, 3.63) is 57.0 Å². The molecule has 0 aliphatic rings. The maximum Gasteiger partial charge on any atom is 0.213 e. The van der Waals surface area contributed by atoms with Crippen molar-refractivity contribution in [3.63, 3.8) is 0 Å². The van der Waals surface area contributed by atoms with Crippen LogP contribution in [0.3, 0.4) is 0 Å². The van der Waals surface area contributed by atoms with Crippen LogP contribution in [0.5, 0.6) is 0 Å². The van der Waals surface area contributed by atoms with Gasteiger partial charge in [0.2, 0.25) is 6.39 Å². The third kappa shape index (κ3) is 3.53. The van der Waals surface area contributed by atoms with E-state index in [0.717, 1.165) is 25.2 Å². The van der Waals surface area contributed by atoms with E-state index in [1.165, 1.54) is 16.1 Å². The first-order chi connectivity index (χ1) is 9.92. The molecule has 0 spiro atoms. The highest BCUT2D eigenvalue weighted by atomic mass is 32.1. The predicted octanol–water partition coefficient (Wildman–Crippen LogP) is 3.31. The van der Waals surface area contributed by atoms with Gasteiger partial charge in [0, 0.05) is 35.2 Å². The zero-order valence-electron chi connectivity index (χ0n) is 10.9. The molecule has 0 aliphatic heterocycles. The van der Waals surface area contributed by atoms with Crippen LogP contribution in [0.1, 0.15) is 21.6 Å². The van der Waals surface area contributed by atoms with Gasteiger partial charge in [-0.1, -0.05) is 17.3 Å². The lowest BCUT2D eigenvalue weighted by Crippen LogP contribution is -2.25. The minimum Gasteiger partial charge on any atom is -0.343 e. The third-order valence-corrected chi connectivity index (χ3v) is 4.90. The maximum atomic E-state index is 4.74. The van der Waals surface area contributed by atoms with E-state index in [4.69, 9.17) is 4.52 Å². The lowest BCUT2D eigenvalue weighted by molar-refractivity contribution is 0.408. The van der Waals surface area contributed by atoms with Gasteiger partial charge in [-0.3, -0.25) is 0 Å². The molecule has 0 radical (unpaired) electrons. The number of rotatable bonds is 7. The van der Waals surface area contributed by atoms with E-state index in [2.05, 4.69) is 50.5 Å². The largest absolute Gasteiger partial charge is 0.343 e. The molecule has 0 bridgehead atoms. The van der Waals surface area contributed by atoms with Gasteiger partial charge in [0.15, 0.2) is 5.82 Å². The van der Waals surface area contributed by atoms with Crippen LogP contribution in [0.25, 0.3) is 0 Å². The zero-order chi connectivity index (χ0) is 13.6. The van der Waals surface area contributed by atoms with E-state index in [0.29, 0.717) is 6.04 Å². The van der Waals surface area contributed by atoms with Gasteiger partial charge in [0.05, 0.1) is 0 Å². The van der Waals surface area contributed by atoms with E-state index in [-0.39, 0.29) is 0 Å². The fraction of sp³-hybridized carbons (Fsp3) is 0.286. The summed E-state index contributed by atoms with van der Waals surface area (Å²) in [5, 5.41) is 11.7. The average molecular weight is 305 g/mol. The molecule has 0 amide bonds. The molecule has 0 fully saturated rings. The zero-order valence-corrected chi connectivity index (χ0v) is 12.5. The number of nitrogens with zero attached hydrogens (tertiary/aromatic N) is 2. The summed E-state index contributed by atoms with van der Waals surface area (Å²) in [6, 6.07) is 8.92. The second kappa shape index (κ2) is 6.78. The van der Waals surface area contributed by atoms with E-state index < -0.39 is 0 Å². The highest BCUT2D eigenvalue weighted by molar-refractivity contribution is 7.10. The Hall–Kier alpha value is -1.50. The summed E-state index contributed by atoms with van der Waals surface area (Å²) in [4.78, 5) is 6.80. The van der Waals surface area contributed by atoms with Gasteiger partial charge in [0.25, 0.3) is 0 Å². The molecule has 1 atom stereocenters. The molecule has 3 aromatic rings. The third-order valence-electron chi connectivity index (χ3n) is 3.02. The van der Waals surface area contributed by atoms with E-state index >= 15 is 0 Å². The molecule has 104 valence electrons. The Morgan fingerprint density at radius 1 is 1.20 bits per heavy atom. The molecule has 0 saturated heterocycles. The summed E-state index contributed by atoms with van der Waals surface area (Å²) >= 11 is 3.60. The normalized spacial score (nSPS) is 12.6. The molecule has 3 aromatic heterocycles. The molecule has 4 nitrogen and oxygen atoms in total. The van der Waals surface area contributed by atoms with Gasteiger partial charge in [-0.05, 0) is 22.9 Å². The average Bonchev–Trinajstić information content (AvgIpc) is 3.21. The molecule has 0 aromatic carbocycles. The molecule has 1 N–H and O–H groups in total. The maximum absolute atomic E-state index is 4.74. The Bertz CT molecular complexity index is 590. The van der Waals surface area contributed by atoms with Crippen molar-refractivity contribution in [2.45, 2.75) is 18.9 Å². The summed E-state index contributed by atoms with van der Waals surface area (Å²) in [7, 11) is 0. The van der Waals surface area contributed by atoms with Crippen molar-refractivity contribution in [1.82, 2.24) is 15.5 Å². The summed E-state index contributed by atoms with van der Waals surface area (Å²) in [6.07, 6.45) is 3.17. The molecule has 1 unspecified atom stereocenters. The molecule has 0 saturated carbocycles. The van der Waals surface area contributed by atoms with Crippen molar-refractivity contribution >= 4 is 22.7 Å². The van der Waals surface area contributed by atoms with Crippen molar-refractivity contribution in [2.75, 3.05) is 6.54 Å². The van der Waals surface area contributed by atoms with Crippen LogP contribution in [-0.4, -0.2) is 16.7 Å². The van der Waals surface area contributed by atoms with Gasteiger partial charge in [0.1, 0.15) is 0 Å². The van der Waals surface area contributed by atoms with Gasteiger partial charge in [-0.25, -0.2) is 0 Å². The topological polar surface area (TPSA) is 51.0 Å². The van der Waals surface area contributed by atoms with Crippen LogP contribution >= 0.6 is 22.7 Å². The highest BCUT2D eigenvalue weighted by Crippen LogP contribution is 2.24. The molecule has 3 rings (SSSR count). The van der Waals surface area contributed by atoms with Gasteiger partial charge < -0.3 is 9.84 Å². The standard InChI is InChI=1S/C14H15N3OS2/c1-3-11(19-7-1)9-12(13-4-2-8-20-13)15-6-5-14-16-10-18-17-14/h1-4,7-8,10,12,15H,5-6,9H2. The quantitative estimate of drug-likeness (QED) is 0.727. The van der Waals surface area contributed by atoms with Crippen LogP contribution in [-0.2, 0) is 12.8 Å². The van der Waals surface area contributed by atoms with Crippen molar-refractivity contribution in [3.8, 4) is 0 Å². The monoisotopic (exact) mass is 305 g/mol. The van der Waals surface area contributed by atoms with E-state index in [1.54, 1.807) is 22.7 Å². The second-order valence-electron chi connectivity index (χ2n) is 4.40. The molecule has 3 heterocycles. The molecular formula is C14H15N3OS2. The van der Waals surface area contributed by atoms with Crippen LogP contribution in [0.2, 0.25) is 0 Å². The van der Waals surface area contributed by atoms with Crippen molar-refractivity contribution in [2.24, 2.45) is 0 Å². The SMILES string of the molecule is c1csc(CC(NCCc2ncon2)c2cccs2)c1. The number of hydrogen-bond donors (Lipinski definition) is 1. The molecular weight excluding hydrogens is 290 g/mol. The van der Waals surface area contributed by atoms with Crippen LogP contribution in [0.4, 0.5) is 0 Å². The van der Waals surface area contributed by atoms with Crippen molar-refractivity contribution in [1.29, 1.82) is 0 Å². The van der Waals surface area contributed by atoms with Gasteiger partial charge in [-0.15, -0.1) is 22.7 Å². The number of hydrogen-bond acceptors (Lipinski definition) is 6. The Balaban J connectivity index is 1.60. The summed E-state index contributed by atoms with van der Waals surface area (Å²) in [5.74, 6) is 0.749. The summed E-state index contributed by atoms with van der Waals surface area (Å²) < 4.78 is 4.74. The van der Waals surface area contributed by atoms with Crippen LogP contribution < -0.4 is 5.32 Å². The Labute approximate surface area is 125 Å². The lowest BCUT2D eigenvalue weighted by atomic mass is 10.1. The molecule has 0 aliphatic carbocycles. The second-order valence-corrected chi connectivity index (χ2v) is 6.41. The first-order valence-corrected chi connectivity index (χ1v) is 8.22. The molecule has 20 heavy (non-hydrogen) atoms. The molecule has 6 heteroatoms. The van der Waals surface area contributed by atoms with E-state index in [1.807, 2.05) is 0 Å². The predicted molar refractivity (Wildman–Crippen MR) is 81.1 cm³/mol. The first kappa shape index (κ1) is 13.5. The fourth-order valence-corrected chi connectivity index (χ4v) is 3.61. The fourth-order valence-electron chi connectivity index (χ4n) is 2.05. The minimum absolute atomic E-state index is 0.348. The smallest absolute Gasteiger partial charge is 0.213 e. The van der Waals surface area contributed by atoms with Crippen molar-refractivity contribution < 1.29 is 4.52 Å². The Morgan fingerprint density at radius 2 is 2.10 bits per heavy atom. The van der Waals surface area contributed by atoms with E-state index in [9.17, 15) is 0 Å². The Morgan fingerprint density at radius 3 is 2.80 bits per heavy atom. The summed E-state index contributed by atoms with van der Waals surface area (Å²) in [5.41, 5.74) is 0. The van der Waals surface area contributed by atoms with Crippen LogP contribution in [0.15, 0.2) is 45.9 Å².